The van der Waals surface area contributed by atoms with E-state index in [4.69, 9.17) is 24.2 Å². The van der Waals surface area contributed by atoms with Gasteiger partial charge in [-0.1, -0.05) is 6.92 Å². The van der Waals surface area contributed by atoms with Crippen LogP contribution in [-0.2, 0) is 18.9 Å². The van der Waals surface area contributed by atoms with E-state index in [0.717, 1.165) is 19.3 Å². The highest BCUT2D eigenvalue weighted by Gasteiger charge is 2.24. The van der Waals surface area contributed by atoms with Crippen molar-refractivity contribution in [3.63, 3.8) is 0 Å². The molecule has 0 fully saturated rings. The molecule has 0 aliphatic heterocycles. The average molecular weight is 302 g/mol. The van der Waals surface area contributed by atoms with Gasteiger partial charge in [0.2, 0.25) is 0 Å². The Morgan fingerprint density at radius 2 is 1.48 bits per heavy atom. The zero-order chi connectivity index (χ0) is 15.8. The fourth-order valence-electron chi connectivity index (χ4n) is 1.83. The van der Waals surface area contributed by atoms with Gasteiger partial charge in [0.25, 0.3) is 0 Å². The highest BCUT2D eigenvalue weighted by Crippen LogP contribution is 2.15. The Bertz CT molecular complexity index is 265. The number of hydrogen-bond donors (Lipinski definition) is 1. The molecule has 0 aromatic heterocycles. The van der Waals surface area contributed by atoms with Crippen LogP contribution in [0.4, 0.5) is 0 Å². The molecule has 0 aromatic carbocycles. The molecule has 6 heteroatoms. The zero-order valence-corrected chi connectivity index (χ0v) is 13.7. The monoisotopic (exact) mass is 302 g/mol. The molecule has 21 heavy (non-hydrogen) atoms. The molecule has 0 amide bonds. The lowest BCUT2D eigenvalue weighted by molar-refractivity contribution is 0.00289. The zero-order valence-electron chi connectivity index (χ0n) is 13.7. The predicted octanol–water partition coefficient (Wildman–Crippen LogP) is 1.35. The van der Waals surface area contributed by atoms with Gasteiger partial charge in [0.15, 0.2) is 0 Å². The van der Waals surface area contributed by atoms with Crippen LogP contribution < -0.4 is 5.32 Å². The van der Waals surface area contributed by atoms with E-state index in [-0.39, 0.29) is 0 Å². The molecule has 124 valence electrons. The summed E-state index contributed by atoms with van der Waals surface area (Å²) in [5, 5.41) is 12.3. The summed E-state index contributed by atoms with van der Waals surface area (Å²) in [5.74, 6) is 0. The first-order chi connectivity index (χ1) is 10.2. The second-order valence-corrected chi connectivity index (χ2v) is 4.73. The lowest BCUT2D eigenvalue weighted by Crippen LogP contribution is -2.40. The molecule has 0 heterocycles. The third kappa shape index (κ3) is 10.6. The fourth-order valence-corrected chi connectivity index (χ4v) is 1.83. The van der Waals surface area contributed by atoms with Crippen LogP contribution in [0.2, 0.25) is 0 Å². The van der Waals surface area contributed by atoms with Crippen LogP contribution in [0.3, 0.4) is 0 Å². The highest BCUT2D eigenvalue weighted by atomic mass is 16.6. The van der Waals surface area contributed by atoms with Gasteiger partial charge in [-0.05, 0) is 26.3 Å². The van der Waals surface area contributed by atoms with Gasteiger partial charge in [0.05, 0.1) is 45.7 Å². The summed E-state index contributed by atoms with van der Waals surface area (Å²) in [6.07, 6.45) is 2.46. The van der Waals surface area contributed by atoms with Crippen LogP contribution in [0, 0.1) is 11.3 Å². The second-order valence-electron chi connectivity index (χ2n) is 4.73. The highest BCUT2D eigenvalue weighted by molar-refractivity contribution is 5.05. The van der Waals surface area contributed by atoms with E-state index in [1.165, 1.54) is 0 Å². The Labute approximate surface area is 128 Å². The Balaban J connectivity index is 3.31. The van der Waals surface area contributed by atoms with Crippen LogP contribution in [0.1, 0.15) is 26.2 Å². The van der Waals surface area contributed by atoms with Crippen LogP contribution in [0.25, 0.3) is 0 Å². The molecule has 0 spiro atoms. The largest absolute Gasteiger partial charge is 0.382 e. The van der Waals surface area contributed by atoms with Crippen molar-refractivity contribution in [3.05, 3.63) is 0 Å². The van der Waals surface area contributed by atoms with Crippen LogP contribution in [0.15, 0.2) is 0 Å². The van der Waals surface area contributed by atoms with Gasteiger partial charge in [-0.3, -0.25) is 0 Å². The summed E-state index contributed by atoms with van der Waals surface area (Å²) in [4.78, 5) is 0. The van der Waals surface area contributed by atoms with Crippen molar-refractivity contribution in [1.82, 2.24) is 5.32 Å². The third-order valence-corrected chi connectivity index (χ3v) is 3.36. The molecule has 0 aromatic rings. The Kier molecular flexibility index (Phi) is 13.8. The molecular weight excluding hydrogens is 272 g/mol. The maximum Gasteiger partial charge on any atom is 0.106 e. The first-order valence-corrected chi connectivity index (χ1v) is 7.57. The molecule has 1 N–H and O–H groups in total. The number of nitrogens with one attached hydrogen (secondary N) is 1. The van der Waals surface area contributed by atoms with E-state index in [9.17, 15) is 0 Å². The molecule has 0 saturated carbocycles. The van der Waals surface area contributed by atoms with Crippen molar-refractivity contribution in [2.24, 2.45) is 0 Å². The SMILES string of the molecule is CCC(C#N)(CCCOCCOCCOCCOC)NC. The van der Waals surface area contributed by atoms with E-state index >= 15 is 0 Å². The molecular formula is C15H30N2O4. The maximum absolute atomic E-state index is 9.16. The lowest BCUT2D eigenvalue weighted by atomic mass is 9.92. The minimum absolute atomic E-state index is 0.417. The number of rotatable bonds is 15. The average Bonchev–Trinajstić information content (AvgIpc) is 2.53. The smallest absolute Gasteiger partial charge is 0.106 e. The third-order valence-electron chi connectivity index (χ3n) is 3.36. The van der Waals surface area contributed by atoms with E-state index in [1.54, 1.807) is 7.11 Å². The molecule has 0 aliphatic carbocycles. The summed E-state index contributed by atoms with van der Waals surface area (Å²) in [6.45, 7) is 6.16. The van der Waals surface area contributed by atoms with E-state index in [0.29, 0.717) is 46.2 Å². The molecule has 1 unspecified atom stereocenters. The van der Waals surface area contributed by atoms with Crippen molar-refractivity contribution < 1.29 is 18.9 Å². The number of methoxy groups -OCH3 is 1. The standard InChI is InChI=1S/C15H30N2O4/c1-4-15(14-16,17-2)6-5-7-19-10-11-21-13-12-20-9-8-18-3/h17H,4-13H2,1-3H3. The summed E-state index contributed by atoms with van der Waals surface area (Å²) < 4.78 is 21.0. The summed E-state index contributed by atoms with van der Waals surface area (Å²) in [6, 6.07) is 2.34. The summed E-state index contributed by atoms with van der Waals surface area (Å²) in [5.41, 5.74) is -0.417. The number of ether oxygens (including phenoxy) is 4. The number of nitriles is 1. The molecule has 0 aliphatic rings. The molecule has 1 atom stereocenters. The minimum Gasteiger partial charge on any atom is -0.382 e. The molecule has 0 radical (unpaired) electrons. The van der Waals surface area contributed by atoms with Gasteiger partial charge < -0.3 is 24.3 Å². The normalized spacial score (nSPS) is 13.8. The van der Waals surface area contributed by atoms with E-state index in [2.05, 4.69) is 11.4 Å². The Morgan fingerprint density at radius 1 is 0.952 bits per heavy atom. The van der Waals surface area contributed by atoms with Gasteiger partial charge >= 0.3 is 0 Å². The Morgan fingerprint density at radius 3 is 1.90 bits per heavy atom. The topological polar surface area (TPSA) is 72.7 Å². The van der Waals surface area contributed by atoms with Crippen LogP contribution >= 0.6 is 0 Å². The number of hydrogen-bond acceptors (Lipinski definition) is 6. The van der Waals surface area contributed by atoms with Crippen molar-refractivity contribution in [3.8, 4) is 6.07 Å². The van der Waals surface area contributed by atoms with Crippen molar-refractivity contribution in [1.29, 1.82) is 5.26 Å². The lowest BCUT2D eigenvalue weighted by Gasteiger charge is -2.24. The summed E-state index contributed by atoms with van der Waals surface area (Å²) in [7, 11) is 3.48. The van der Waals surface area contributed by atoms with Gasteiger partial charge in [0, 0.05) is 13.7 Å². The van der Waals surface area contributed by atoms with Crippen LogP contribution in [0.5, 0.6) is 0 Å². The van der Waals surface area contributed by atoms with E-state index < -0.39 is 5.54 Å². The Hall–Kier alpha value is -0.710. The van der Waals surface area contributed by atoms with Crippen molar-refractivity contribution in [2.45, 2.75) is 31.7 Å². The van der Waals surface area contributed by atoms with Crippen LogP contribution in [-0.4, -0.2) is 65.9 Å². The first-order valence-electron chi connectivity index (χ1n) is 7.57. The van der Waals surface area contributed by atoms with Gasteiger partial charge in [-0.25, -0.2) is 0 Å². The summed E-state index contributed by atoms with van der Waals surface area (Å²) >= 11 is 0. The van der Waals surface area contributed by atoms with Gasteiger partial charge in [-0.15, -0.1) is 0 Å². The van der Waals surface area contributed by atoms with E-state index in [1.807, 2.05) is 14.0 Å². The maximum atomic E-state index is 9.16. The minimum atomic E-state index is -0.417. The first kappa shape index (κ1) is 20.3. The predicted molar refractivity (Wildman–Crippen MR) is 81.3 cm³/mol. The molecule has 0 rings (SSSR count). The fraction of sp³-hybridized carbons (Fsp3) is 0.933. The second kappa shape index (κ2) is 14.2. The van der Waals surface area contributed by atoms with Gasteiger partial charge in [0.1, 0.15) is 5.54 Å². The van der Waals surface area contributed by atoms with Gasteiger partial charge in [-0.2, -0.15) is 5.26 Å². The molecule has 0 bridgehead atoms. The van der Waals surface area contributed by atoms with Crippen molar-refractivity contribution >= 4 is 0 Å². The molecule has 6 nitrogen and oxygen atoms in total. The quantitative estimate of drug-likeness (QED) is 0.460. The number of nitrogens with zero attached hydrogens (tertiary/aromatic N) is 1. The van der Waals surface area contributed by atoms with Crippen molar-refractivity contribution in [2.75, 3.05) is 60.4 Å². The molecule has 0 saturated heterocycles.